The number of sulfonamides is 1. The number of hydrogen-bond acceptors (Lipinski definition) is 6. The van der Waals surface area contributed by atoms with Crippen molar-refractivity contribution in [3.8, 4) is 0 Å². The SMILES string of the molecule is C=CS(=O)(=O)Nc1cccc(CN(C(=O)OC(C)(C)C)c2ccnc3c(C(C)C)cnn23)c1. The van der Waals surface area contributed by atoms with E-state index in [1.165, 1.54) is 4.90 Å². The first-order valence-corrected chi connectivity index (χ1v) is 12.0. The monoisotopic (exact) mass is 471 g/mol. The Bertz CT molecular complexity index is 1280. The Morgan fingerprint density at radius 1 is 1.30 bits per heavy atom. The molecule has 2 heterocycles. The average Bonchev–Trinajstić information content (AvgIpc) is 3.15. The lowest BCUT2D eigenvalue weighted by molar-refractivity contribution is 0.0575. The average molecular weight is 472 g/mol. The second-order valence-corrected chi connectivity index (χ2v) is 10.5. The van der Waals surface area contributed by atoms with Crippen LogP contribution in [0.3, 0.4) is 0 Å². The van der Waals surface area contributed by atoms with Crippen LogP contribution in [0, 0.1) is 0 Å². The predicted molar refractivity (Wildman–Crippen MR) is 129 cm³/mol. The molecular weight excluding hydrogens is 442 g/mol. The number of nitrogens with zero attached hydrogens (tertiary/aromatic N) is 4. The number of rotatable bonds is 7. The van der Waals surface area contributed by atoms with Crippen molar-refractivity contribution in [2.24, 2.45) is 0 Å². The smallest absolute Gasteiger partial charge is 0.416 e. The molecule has 3 rings (SSSR count). The number of anilines is 2. The molecule has 1 N–H and O–H groups in total. The molecule has 3 aromatic rings. The minimum atomic E-state index is -3.66. The van der Waals surface area contributed by atoms with Gasteiger partial charge in [0, 0.05) is 22.9 Å². The van der Waals surface area contributed by atoms with Crippen molar-refractivity contribution in [2.45, 2.75) is 52.7 Å². The minimum absolute atomic E-state index is 0.120. The molecule has 0 bridgehead atoms. The fraction of sp³-hybridized carbons (Fsp3) is 0.348. The van der Waals surface area contributed by atoms with Crippen molar-refractivity contribution in [1.82, 2.24) is 14.6 Å². The van der Waals surface area contributed by atoms with Crippen molar-refractivity contribution in [2.75, 3.05) is 9.62 Å². The van der Waals surface area contributed by atoms with Crippen LogP contribution in [-0.4, -0.2) is 34.7 Å². The zero-order chi connectivity index (χ0) is 24.4. The maximum atomic E-state index is 13.2. The summed E-state index contributed by atoms with van der Waals surface area (Å²) < 4.78 is 33.4. The first-order chi connectivity index (χ1) is 15.4. The molecule has 1 aromatic carbocycles. The third kappa shape index (κ3) is 5.89. The Morgan fingerprint density at radius 3 is 2.67 bits per heavy atom. The molecule has 0 spiro atoms. The van der Waals surface area contributed by atoms with Crippen LogP contribution in [0.1, 0.15) is 51.7 Å². The molecule has 0 saturated carbocycles. The summed E-state index contributed by atoms with van der Waals surface area (Å²) in [6.07, 6.45) is 2.81. The molecule has 0 radical (unpaired) electrons. The fourth-order valence-corrected chi connectivity index (χ4v) is 3.72. The number of carbonyl (C=O) groups is 1. The minimum Gasteiger partial charge on any atom is -0.443 e. The maximum Gasteiger partial charge on any atom is 0.416 e. The Labute approximate surface area is 194 Å². The third-order valence-electron chi connectivity index (χ3n) is 4.67. The Kier molecular flexibility index (Phi) is 6.78. The van der Waals surface area contributed by atoms with Crippen LogP contribution in [0.4, 0.5) is 16.3 Å². The Morgan fingerprint density at radius 2 is 2.03 bits per heavy atom. The standard InChI is InChI=1S/C23H29N5O4S/c1-7-33(30,31)26-18-10-8-9-17(13-18)15-27(22(29)32-23(4,5)6)20-11-12-24-21-19(16(2)3)14-25-28(20)21/h7-14,16,26H,1,15H2,2-6H3. The largest absolute Gasteiger partial charge is 0.443 e. The van der Waals surface area contributed by atoms with Crippen molar-refractivity contribution in [3.63, 3.8) is 0 Å². The number of carbonyl (C=O) groups excluding carboxylic acids is 1. The molecule has 0 aliphatic carbocycles. The van der Waals surface area contributed by atoms with E-state index < -0.39 is 21.7 Å². The molecule has 9 nitrogen and oxygen atoms in total. The van der Waals surface area contributed by atoms with Gasteiger partial charge in [0.2, 0.25) is 0 Å². The second-order valence-electron chi connectivity index (χ2n) is 8.87. The van der Waals surface area contributed by atoms with Crippen LogP contribution in [0.2, 0.25) is 0 Å². The van der Waals surface area contributed by atoms with Crippen LogP contribution in [0.25, 0.3) is 5.65 Å². The van der Waals surface area contributed by atoms with Crippen LogP contribution in [0.15, 0.2) is 54.7 Å². The van der Waals surface area contributed by atoms with Gasteiger partial charge >= 0.3 is 6.09 Å². The Balaban J connectivity index is 2.05. The fourth-order valence-electron chi connectivity index (χ4n) is 3.19. The molecule has 176 valence electrons. The van der Waals surface area contributed by atoms with Crippen molar-refractivity contribution in [1.29, 1.82) is 0 Å². The van der Waals surface area contributed by atoms with E-state index in [2.05, 4.69) is 21.4 Å². The van der Waals surface area contributed by atoms with E-state index in [-0.39, 0.29) is 12.5 Å². The number of benzene rings is 1. The van der Waals surface area contributed by atoms with Crippen molar-refractivity contribution in [3.05, 3.63) is 65.8 Å². The molecule has 0 saturated heterocycles. The number of amides is 1. The van der Waals surface area contributed by atoms with Gasteiger partial charge in [0.1, 0.15) is 11.4 Å². The van der Waals surface area contributed by atoms with Gasteiger partial charge in [-0.1, -0.05) is 32.6 Å². The van der Waals surface area contributed by atoms with E-state index in [1.54, 1.807) is 68.0 Å². The summed E-state index contributed by atoms with van der Waals surface area (Å²) in [6, 6.07) is 8.47. The molecule has 0 fully saturated rings. The third-order valence-corrected chi connectivity index (χ3v) is 5.63. The summed E-state index contributed by atoms with van der Waals surface area (Å²) in [5.41, 5.74) is 1.95. The van der Waals surface area contributed by atoms with Crippen molar-refractivity contribution < 1.29 is 17.9 Å². The summed E-state index contributed by atoms with van der Waals surface area (Å²) in [5.74, 6) is 0.688. The lowest BCUT2D eigenvalue weighted by atomic mass is 10.1. The van der Waals surface area contributed by atoms with Crippen molar-refractivity contribution >= 4 is 33.3 Å². The lowest BCUT2D eigenvalue weighted by Gasteiger charge is -2.27. The van der Waals surface area contributed by atoms with Gasteiger partial charge in [0.15, 0.2) is 5.65 Å². The summed E-state index contributed by atoms with van der Waals surface area (Å²) in [7, 11) is -3.66. The van der Waals surface area contributed by atoms with Crippen LogP contribution in [-0.2, 0) is 21.3 Å². The Hall–Kier alpha value is -3.40. The number of aromatic nitrogens is 3. The summed E-state index contributed by atoms with van der Waals surface area (Å²) in [5, 5.41) is 5.30. The maximum absolute atomic E-state index is 13.2. The van der Waals surface area contributed by atoms with E-state index in [0.29, 0.717) is 22.7 Å². The number of fused-ring (bicyclic) bond motifs is 1. The van der Waals surface area contributed by atoms with E-state index in [0.717, 1.165) is 11.0 Å². The molecule has 1 amide bonds. The van der Waals surface area contributed by atoms with Crippen LogP contribution in [0.5, 0.6) is 0 Å². The van der Waals surface area contributed by atoms with Gasteiger partial charge in [-0.05, 0) is 50.5 Å². The summed E-state index contributed by atoms with van der Waals surface area (Å²) in [4.78, 5) is 19.1. The topological polar surface area (TPSA) is 106 Å². The molecule has 0 atom stereocenters. The molecule has 0 aliphatic rings. The zero-order valence-electron chi connectivity index (χ0n) is 19.4. The highest BCUT2D eigenvalue weighted by atomic mass is 32.2. The molecule has 33 heavy (non-hydrogen) atoms. The highest BCUT2D eigenvalue weighted by Crippen LogP contribution is 2.26. The highest BCUT2D eigenvalue weighted by molar-refractivity contribution is 7.95. The van der Waals surface area contributed by atoms with E-state index in [1.807, 2.05) is 13.8 Å². The molecule has 10 heteroatoms. The van der Waals surface area contributed by atoms with Crippen LogP contribution < -0.4 is 9.62 Å². The predicted octanol–water partition coefficient (Wildman–Crippen LogP) is 4.68. The molecule has 0 unspecified atom stereocenters. The normalized spacial score (nSPS) is 12.1. The van der Waals surface area contributed by atoms with Gasteiger partial charge < -0.3 is 4.74 Å². The number of hydrogen-bond donors (Lipinski definition) is 1. The van der Waals surface area contributed by atoms with Gasteiger partial charge in [-0.25, -0.2) is 18.2 Å². The first kappa shape index (κ1) is 24.2. The lowest BCUT2D eigenvalue weighted by Crippen LogP contribution is -2.37. The van der Waals surface area contributed by atoms with Gasteiger partial charge in [0.25, 0.3) is 10.0 Å². The van der Waals surface area contributed by atoms with Gasteiger partial charge in [-0.3, -0.25) is 9.62 Å². The number of ether oxygens (including phenoxy) is 1. The van der Waals surface area contributed by atoms with Gasteiger partial charge in [-0.15, -0.1) is 0 Å². The van der Waals surface area contributed by atoms with E-state index in [4.69, 9.17) is 4.74 Å². The second kappa shape index (κ2) is 9.22. The first-order valence-electron chi connectivity index (χ1n) is 10.5. The summed E-state index contributed by atoms with van der Waals surface area (Å²) >= 11 is 0. The van der Waals surface area contributed by atoms with Gasteiger partial charge in [-0.2, -0.15) is 9.61 Å². The molecule has 2 aromatic heterocycles. The van der Waals surface area contributed by atoms with E-state index in [9.17, 15) is 13.2 Å². The summed E-state index contributed by atoms with van der Waals surface area (Å²) in [6.45, 7) is 12.9. The number of nitrogens with one attached hydrogen (secondary N) is 1. The zero-order valence-corrected chi connectivity index (χ0v) is 20.3. The van der Waals surface area contributed by atoms with Crippen LogP contribution >= 0.6 is 0 Å². The van der Waals surface area contributed by atoms with Gasteiger partial charge in [0.05, 0.1) is 12.7 Å². The van der Waals surface area contributed by atoms with E-state index >= 15 is 0 Å². The quantitative estimate of drug-likeness (QED) is 0.536. The highest BCUT2D eigenvalue weighted by Gasteiger charge is 2.26. The molecular formula is C23H29N5O4S. The molecule has 0 aliphatic heterocycles.